The number of carbonyl (C=O) groups excluding carboxylic acids is 1. The van der Waals surface area contributed by atoms with Gasteiger partial charge in [0.25, 0.3) is 5.91 Å². The molecule has 1 N–H and O–H groups in total. The maximum absolute atomic E-state index is 11.8. The average Bonchev–Trinajstić information content (AvgIpc) is 2.87. The van der Waals surface area contributed by atoms with Crippen LogP contribution in [0.2, 0.25) is 5.02 Å². The van der Waals surface area contributed by atoms with Crippen molar-refractivity contribution in [3.63, 3.8) is 0 Å². The van der Waals surface area contributed by atoms with Crippen molar-refractivity contribution in [2.75, 3.05) is 0 Å². The van der Waals surface area contributed by atoms with Gasteiger partial charge in [0.2, 0.25) is 0 Å². The van der Waals surface area contributed by atoms with E-state index >= 15 is 0 Å². The Balaban J connectivity index is 1.97. The summed E-state index contributed by atoms with van der Waals surface area (Å²) in [6.07, 6.45) is 5.56. The van der Waals surface area contributed by atoms with Crippen LogP contribution < -0.4 is 5.43 Å². The number of nitrogens with one attached hydrogen (secondary N) is 1. The Hall–Kier alpha value is -2.07. The molecular formula is C15H16ClN3O. The molecule has 0 saturated heterocycles. The van der Waals surface area contributed by atoms with Crippen LogP contribution in [0, 0.1) is 0 Å². The van der Waals surface area contributed by atoms with E-state index in [1.807, 2.05) is 18.5 Å². The highest BCUT2D eigenvalue weighted by Gasteiger charge is 2.04. The SMILES string of the molecule is CC(C)n1ccc(/C=N\NC(=O)c2cccc(Cl)c2)c1. The molecule has 1 heterocycles. The highest BCUT2D eigenvalue weighted by molar-refractivity contribution is 6.30. The second-order valence-corrected chi connectivity index (χ2v) is 5.13. The molecule has 4 nitrogen and oxygen atoms in total. The summed E-state index contributed by atoms with van der Waals surface area (Å²) < 4.78 is 2.07. The summed E-state index contributed by atoms with van der Waals surface area (Å²) in [6.45, 7) is 4.20. The molecule has 20 heavy (non-hydrogen) atoms. The van der Waals surface area contributed by atoms with Crippen LogP contribution in [0.25, 0.3) is 0 Å². The number of benzene rings is 1. The second kappa shape index (κ2) is 6.39. The topological polar surface area (TPSA) is 46.4 Å². The number of halogens is 1. The van der Waals surface area contributed by atoms with E-state index < -0.39 is 0 Å². The molecule has 0 saturated carbocycles. The standard InChI is InChI=1S/C15H16ClN3O/c1-11(2)19-7-6-12(10-19)9-17-18-15(20)13-4-3-5-14(16)8-13/h3-11H,1-2H3,(H,18,20)/b17-9-. The van der Waals surface area contributed by atoms with E-state index in [1.54, 1.807) is 30.5 Å². The molecule has 0 bridgehead atoms. The molecule has 2 aromatic rings. The van der Waals surface area contributed by atoms with Crippen molar-refractivity contribution in [3.05, 3.63) is 58.9 Å². The van der Waals surface area contributed by atoms with Gasteiger partial charge in [-0.3, -0.25) is 4.79 Å². The van der Waals surface area contributed by atoms with Gasteiger partial charge in [-0.15, -0.1) is 0 Å². The number of aromatic nitrogens is 1. The van der Waals surface area contributed by atoms with E-state index in [4.69, 9.17) is 11.6 Å². The molecule has 0 spiro atoms. The van der Waals surface area contributed by atoms with Gasteiger partial charge in [-0.25, -0.2) is 5.43 Å². The molecule has 0 unspecified atom stereocenters. The molecule has 2 rings (SSSR count). The smallest absolute Gasteiger partial charge is 0.271 e. The Kier molecular flexibility index (Phi) is 4.58. The first kappa shape index (κ1) is 14.3. The molecule has 5 heteroatoms. The molecule has 0 aliphatic heterocycles. The Morgan fingerprint density at radius 2 is 2.20 bits per heavy atom. The van der Waals surface area contributed by atoms with Crippen molar-refractivity contribution in [2.45, 2.75) is 19.9 Å². The Bertz CT molecular complexity index is 632. The third-order valence-electron chi connectivity index (χ3n) is 2.80. The summed E-state index contributed by atoms with van der Waals surface area (Å²) in [5, 5.41) is 4.46. The van der Waals surface area contributed by atoms with Crippen LogP contribution in [0.5, 0.6) is 0 Å². The van der Waals surface area contributed by atoms with E-state index in [1.165, 1.54) is 0 Å². The number of hydrogen-bond acceptors (Lipinski definition) is 2. The zero-order chi connectivity index (χ0) is 14.5. The maximum Gasteiger partial charge on any atom is 0.271 e. The fraction of sp³-hybridized carbons (Fsp3) is 0.200. The third kappa shape index (κ3) is 3.71. The van der Waals surface area contributed by atoms with Crippen LogP contribution in [-0.2, 0) is 0 Å². The first-order chi connectivity index (χ1) is 9.56. The largest absolute Gasteiger partial charge is 0.351 e. The van der Waals surface area contributed by atoms with Crippen LogP contribution in [0.1, 0.15) is 35.8 Å². The zero-order valence-corrected chi connectivity index (χ0v) is 12.1. The lowest BCUT2D eigenvalue weighted by atomic mass is 10.2. The van der Waals surface area contributed by atoms with Crippen molar-refractivity contribution < 1.29 is 4.79 Å². The minimum atomic E-state index is -0.285. The van der Waals surface area contributed by atoms with Gasteiger partial charge in [-0.2, -0.15) is 5.10 Å². The van der Waals surface area contributed by atoms with Gasteiger partial charge in [-0.1, -0.05) is 17.7 Å². The number of amides is 1. The van der Waals surface area contributed by atoms with E-state index in [2.05, 4.69) is 28.9 Å². The predicted molar refractivity (Wildman–Crippen MR) is 81.3 cm³/mol. The molecule has 1 aromatic carbocycles. The van der Waals surface area contributed by atoms with Gasteiger partial charge in [0, 0.05) is 34.6 Å². The molecule has 1 aromatic heterocycles. The van der Waals surface area contributed by atoms with Gasteiger partial charge >= 0.3 is 0 Å². The number of hydrogen-bond donors (Lipinski definition) is 1. The van der Waals surface area contributed by atoms with E-state index in [9.17, 15) is 4.79 Å². The van der Waals surface area contributed by atoms with E-state index in [-0.39, 0.29) is 5.91 Å². The molecule has 0 atom stereocenters. The van der Waals surface area contributed by atoms with E-state index in [0.29, 0.717) is 16.6 Å². The monoisotopic (exact) mass is 289 g/mol. The van der Waals surface area contributed by atoms with Crippen LogP contribution >= 0.6 is 11.6 Å². The summed E-state index contributed by atoms with van der Waals surface area (Å²) in [7, 11) is 0. The summed E-state index contributed by atoms with van der Waals surface area (Å²) in [6, 6.07) is 9.07. The van der Waals surface area contributed by atoms with Crippen molar-refractivity contribution in [1.82, 2.24) is 9.99 Å². The normalized spacial score (nSPS) is 11.2. The van der Waals surface area contributed by atoms with Crippen molar-refractivity contribution in [3.8, 4) is 0 Å². The van der Waals surface area contributed by atoms with Gasteiger partial charge < -0.3 is 4.57 Å². The highest BCUT2D eigenvalue weighted by Crippen LogP contribution is 2.10. The number of hydrazone groups is 1. The summed E-state index contributed by atoms with van der Waals surface area (Å²) in [5.74, 6) is -0.285. The van der Waals surface area contributed by atoms with Crippen LogP contribution in [0.4, 0.5) is 0 Å². The Morgan fingerprint density at radius 1 is 1.40 bits per heavy atom. The van der Waals surface area contributed by atoms with E-state index in [0.717, 1.165) is 5.56 Å². The summed E-state index contributed by atoms with van der Waals surface area (Å²) >= 11 is 5.83. The van der Waals surface area contributed by atoms with Crippen molar-refractivity contribution in [2.24, 2.45) is 5.10 Å². The second-order valence-electron chi connectivity index (χ2n) is 4.70. The summed E-state index contributed by atoms with van der Waals surface area (Å²) in [5.41, 5.74) is 3.89. The minimum absolute atomic E-state index is 0.285. The number of carbonyl (C=O) groups is 1. The van der Waals surface area contributed by atoms with Crippen LogP contribution in [0.15, 0.2) is 47.8 Å². The lowest BCUT2D eigenvalue weighted by Crippen LogP contribution is -2.17. The molecule has 0 radical (unpaired) electrons. The molecular weight excluding hydrogens is 274 g/mol. The minimum Gasteiger partial charge on any atom is -0.351 e. The molecule has 0 aliphatic carbocycles. The predicted octanol–water partition coefficient (Wildman–Crippen LogP) is 3.49. The lowest BCUT2D eigenvalue weighted by Gasteiger charge is -2.04. The quantitative estimate of drug-likeness (QED) is 0.680. The zero-order valence-electron chi connectivity index (χ0n) is 11.4. The first-order valence-electron chi connectivity index (χ1n) is 6.32. The van der Waals surface area contributed by atoms with Gasteiger partial charge in [0.05, 0.1) is 6.21 Å². The number of nitrogens with zero attached hydrogens (tertiary/aromatic N) is 2. The highest BCUT2D eigenvalue weighted by atomic mass is 35.5. The summed E-state index contributed by atoms with van der Waals surface area (Å²) in [4.78, 5) is 11.8. The van der Waals surface area contributed by atoms with Gasteiger partial charge in [-0.05, 0) is 38.1 Å². The van der Waals surface area contributed by atoms with Crippen molar-refractivity contribution >= 4 is 23.7 Å². The maximum atomic E-state index is 11.8. The van der Waals surface area contributed by atoms with Gasteiger partial charge in [0.15, 0.2) is 0 Å². The molecule has 0 aliphatic rings. The molecule has 104 valence electrons. The molecule has 0 fully saturated rings. The third-order valence-corrected chi connectivity index (χ3v) is 3.04. The fourth-order valence-corrected chi connectivity index (χ4v) is 1.88. The van der Waals surface area contributed by atoms with Crippen LogP contribution in [-0.4, -0.2) is 16.7 Å². The van der Waals surface area contributed by atoms with Crippen LogP contribution in [0.3, 0.4) is 0 Å². The first-order valence-corrected chi connectivity index (χ1v) is 6.70. The Labute approximate surface area is 123 Å². The van der Waals surface area contributed by atoms with Crippen molar-refractivity contribution in [1.29, 1.82) is 0 Å². The number of rotatable bonds is 4. The molecule has 1 amide bonds. The Morgan fingerprint density at radius 3 is 2.85 bits per heavy atom. The average molecular weight is 290 g/mol. The van der Waals surface area contributed by atoms with Gasteiger partial charge in [0.1, 0.15) is 0 Å². The lowest BCUT2D eigenvalue weighted by molar-refractivity contribution is 0.0955. The fourth-order valence-electron chi connectivity index (χ4n) is 1.69.